The zero-order valence-corrected chi connectivity index (χ0v) is 12.5. The molecule has 3 nitrogen and oxygen atoms in total. The van der Waals surface area contributed by atoms with E-state index in [1.807, 2.05) is 11.8 Å². The van der Waals surface area contributed by atoms with Crippen LogP contribution in [0.2, 0.25) is 8.67 Å². The highest BCUT2D eigenvalue weighted by Gasteiger charge is 2.27. The van der Waals surface area contributed by atoms with Crippen molar-refractivity contribution in [2.24, 2.45) is 0 Å². The molecule has 0 aromatic carbocycles. The van der Waals surface area contributed by atoms with Gasteiger partial charge in [0.25, 0.3) is 5.91 Å². The van der Waals surface area contributed by atoms with Crippen LogP contribution in [-0.4, -0.2) is 36.5 Å². The summed E-state index contributed by atoms with van der Waals surface area (Å²) in [5.41, 5.74) is 0.534. The highest BCUT2D eigenvalue weighted by atomic mass is 35.5. The summed E-state index contributed by atoms with van der Waals surface area (Å²) in [4.78, 5) is 14.4. The normalized spacial score (nSPS) is 16.8. The second kappa shape index (κ2) is 6.24. The van der Waals surface area contributed by atoms with Crippen LogP contribution in [0.25, 0.3) is 0 Å². The van der Waals surface area contributed by atoms with E-state index in [2.05, 4.69) is 5.32 Å². The molecule has 0 unspecified atom stereocenters. The molecule has 1 aromatic heterocycles. The number of halogens is 2. The van der Waals surface area contributed by atoms with E-state index >= 15 is 0 Å². The van der Waals surface area contributed by atoms with E-state index in [0.717, 1.165) is 25.9 Å². The highest BCUT2D eigenvalue weighted by molar-refractivity contribution is 7.20. The first-order valence-electron chi connectivity index (χ1n) is 6.10. The van der Waals surface area contributed by atoms with E-state index in [1.54, 1.807) is 6.07 Å². The number of nitrogens with zero attached hydrogens (tertiary/aromatic N) is 1. The fraction of sp³-hybridized carbons (Fsp3) is 0.583. The van der Waals surface area contributed by atoms with Crippen LogP contribution in [0.4, 0.5) is 0 Å². The molecule has 0 bridgehead atoms. The van der Waals surface area contributed by atoms with Crippen molar-refractivity contribution in [2.75, 3.05) is 19.6 Å². The summed E-state index contributed by atoms with van der Waals surface area (Å²) in [6, 6.07) is 1.97. The smallest absolute Gasteiger partial charge is 0.256 e. The molecule has 1 aliphatic heterocycles. The Balaban J connectivity index is 2.16. The van der Waals surface area contributed by atoms with Gasteiger partial charge >= 0.3 is 0 Å². The third-order valence-corrected chi connectivity index (χ3v) is 4.73. The van der Waals surface area contributed by atoms with E-state index in [4.69, 9.17) is 23.2 Å². The fourth-order valence-corrected chi connectivity index (χ4v) is 3.77. The summed E-state index contributed by atoms with van der Waals surface area (Å²) in [5, 5.41) is 3.30. The Labute approximate surface area is 121 Å². The topological polar surface area (TPSA) is 32.3 Å². The van der Waals surface area contributed by atoms with Crippen molar-refractivity contribution in [1.29, 1.82) is 0 Å². The number of piperidine rings is 1. The lowest BCUT2D eigenvalue weighted by atomic mass is 10.0. The molecule has 0 saturated carbocycles. The van der Waals surface area contributed by atoms with E-state index in [-0.39, 0.29) is 5.91 Å². The number of carbonyl (C=O) groups excluding carboxylic acids is 1. The molecule has 2 rings (SSSR count). The van der Waals surface area contributed by atoms with Gasteiger partial charge in [0, 0.05) is 12.6 Å². The van der Waals surface area contributed by atoms with Gasteiger partial charge in [0.1, 0.15) is 4.34 Å². The maximum atomic E-state index is 12.5. The standard InChI is InChI=1S/C12H16Cl2N2OS/c1-2-16(8-3-5-15-6-4-8)12(17)9-7-10(13)18-11(9)14/h7-8,15H,2-6H2,1H3. The van der Waals surface area contributed by atoms with Gasteiger partial charge in [-0.25, -0.2) is 0 Å². The largest absolute Gasteiger partial charge is 0.336 e. The number of hydrogen-bond donors (Lipinski definition) is 1. The molecular formula is C12H16Cl2N2OS. The first-order chi connectivity index (χ1) is 8.63. The third-order valence-electron chi connectivity index (χ3n) is 3.24. The van der Waals surface area contributed by atoms with E-state index in [1.165, 1.54) is 11.3 Å². The van der Waals surface area contributed by atoms with E-state index in [9.17, 15) is 4.79 Å². The average Bonchev–Trinajstić information content (AvgIpc) is 2.70. The summed E-state index contributed by atoms with van der Waals surface area (Å²) in [6.07, 6.45) is 1.99. The highest BCUT2D eigenvalue weighted by Crippen LogP contribution is 2.32. The minimum atomic E-state index is -0.00227. The molecule has 100 valence electrons. The number of hydrogen-bond acceptors (Lipinski definition) is 3. The number of rotatable bonds is 3. The zero-order chi connectivity index (χ0) is 13.1. The van der Waals surface area contributed by atoms with Crippen LogP contribution in [0.3, 0.4) is 0 Å². The molecule has 0 spiro atoms. The maximum Gasteiger partial charge on any atom is 0.256 e. The van der Waals surface area contributed by atoms with Gasteiger partial charge in [0.05, 0.1) is 9.90 Å². The van der Waals surface area contributed by atoms with Crippen molar-refractivity contribution in [3.63, 3.8) is 0 Å². The Morgan fingerprint density at radius 1 is 1.50 bits per heavy atom. The van der Waals surface area contributed by atoms with Crippen LogP contribution < -0.4 is 5.32 Å². The molecule has 1 N–H and O–H groups in total. The number of nitrogens with one attached hydrogen (secondary N) is 1. The molecule has 2 heterocycles. The predicted molar refractivity (Wildman–Crippen MR) is 76.9 cm³/mol. The zero-order valence-electron chi connectivity index (χ0n) is 10.2. The molecule has 6 heteroatoms. The Morgan fingerprint density at radius 3 is 2.67 bits per heavy atom. The fourth-order valence-electron chi connectivity index (χ4n) is 2.33. The summed E-state index contributed by atoms with van der Waals surface area (Å²) in [7, 11) is 0. The van der Waals surface area contributed by atoms with Crippen LogP contribution in [0.15, 0.2) is 6.07 Å². The van der Waals surface area contributed by atoms with Crippen LogP contribution in [-0.2, 0) is 0 Å². The second-order valence-corrected chi connectivity index (χ2v) is 6.60. The van der Waals surface area contributed by atoms with Crippen LogP contribution in [0, 0.1) is 0 Å². The molecule has 1 amide bonds. The maximum absolute atomic E-state index is 12.5. The van der Waals surface area contributed by atoms with Crippen LogP contribution >= 0.6 is 34.5 Å². The minimum absolute atomic E-state index is 0.00227. The molecule has 1 aromatic rings. The van der Waals surface area contributed by atoms with E-state index in [0.29, 0.717) is 26.8 Å². The van der Waals surface area contributed by atoms with Crippen LogP contribution in [0.5, 0.6) is 0 Å². The van der Waals surface area contributed by atoms with Gasteiger partial charge < -0.3 is 10.2 Å². The molecule has 1 fully saturated rings. The second-order valence-electron chi connectivity index (χ2n) is 4.31. The summed E-state index contributed by atoms with van der Waals surface area (Å²) in [6.45, 7) is 4.63. The molecule has 0 aliphatic carbocycles. The lowest BCUT2D eigenvalue weighted by Gasteiger charge is -2.33. The van der Waals surface area contributed by atoms with Crippen molar-refractivity contribution in [3.8, 4) is 0 Å². The lowest BCUT2D eigenvalue weighted by molar-refractivity contribution is 0.0657. The molecule has 1 saturated heterocycles. The van der Waals surface area contributed by atoms with Gasteiger partial charge in [-0.3, -0.25) is 4.79 Å². The summed E-state index contributed by atoms with van der Waals surface area (Å²) < 4.78 is 1.04. The molecular weight excluding hydrogens is 291 g/mol. The first-order valence-corrected chi connectivity index (χ1v) is 7.67. The van der Waals surface area contributed by atoms with Crippen molar-refractivity contribution in [2.45, 2.75) is 25.8 Å². The van der Waals surface area contributed by atoms with Crippen LogP contribution in [0.1, 0.15) is 30.1 Å². The Hall–Kier alpha value is -0.290. The SMILES string of the molecule is CCN(C(=O)c1cc(Cl)sc1Cl)C1CCNCC1. The number of carbonyl (C=O) groups is 1. The van der Waals surface area contributed by atoms with E-state index < -0.39 is 0 Å². The third kappa shape index (κ3) is 2.99. The van der Waals surface area contributed by atoms with Crippen molar-refractivity contribution in [1.82, 2.24) is 10.2 Å². The van der Waals surface area contributed by atoms with Crippen molar-refractivity contribution < 1.29 is 4.79 Å². The Morgan fingerprint density at radius 2 is 2.17 bits per heavy atom. The van der Waals surface area contributed by atoms with Gasteiger partial charge in [-0.1, -0.05) is 23.2 Å². The van der Waals surface area contributed by atoms with Gasteiger partial charge in [-0.15, -0.1) is 11.3 Å². The van der Waals surface area contributed by atoms with Gasteiger partial charge in [-0.05, 0) is 38.9 Å². The average molecular weight is 307 g/mol. The van der Waals surface area contributed by atoms with Gasteiger partial charge in [0.15, 0.2) is 0 Å². The lowest BCUT2D eigenvalue weighted by Crippen LogP contribution is -2.46. The molecule has 1 aliphatic rings. The van der Waals surface area contributed by atoms with Crippen molar-refractivity contribution >= 4 is 40.4 Å². The summed E-state index contributed by atoms with van der Waals surface area (Å²) >= 11 is 13.2. The Kier molecular flexibility index (Phi) is 4.90. The van der Waals surface area contributed by atoms with Gasteiger partial charge in [0.2, 0.25) is 0 Å². The quantitative estimate of drug-likeness (QED) is 0.929. The van der Waals surface area contributed by atoms with Crippen molar-refractivity contribution in [3.05, 3.63) is 20.3 Å². The predicted octanol–water partition coefficient (Wildman–Crippen LogP) is 3.27. The number of amides is 1. The van der Waals surface area contributed by atoms with Gasteiger partial charge in [-0.2, -0.15) is 0 Å². The monoisotopic (exact) mass is 306 g/mol. The summed E-state index contributed by atoms with van der Waals surface area (Å²) in [5.74, 6) is -0.00227. The molecule has 0 radical (unpaired) electrons. The number of thiophene rings is 1. The molecule has 18 heavy (non-hydrogen) atoms. The first kappa shape index (κ1) is 14.1. The minimum Gasteiger partial charge on any atom is -0.336 e. The molecule has 0 atom stereocenters. The Bertz CT molecular complexity index is 430.